The summed E-state index contributed by atoms with van der Waals surface area (Å²) in [4.78, 5) is 15.5. The van der Waals surface area contributed by atoms with Crippen molar-refractivity contribution in [2.75, 3.05) is 39.8 Å². The van der Waals surface area contributed by atoms with E-state index in [-0.39, 0.29) is 5.91 Å². The molecule has 2 N–H and O–H groups in total. The Morgan fingerprint density at radius 2 is 2.07 bits per heavy atom. The van der Waals surface area contributed by atoms with Crippen LogP contribution in [0.4, 0.5) is 0 Å². The van der Waals surface area contributed by atoms with Crippen molar-refractivity contribution in [1.29, 1.82) is 0 Å². The normalized spacial score (nSPS) is 24.0. The number of likely N-dealkylation sites (N-methyl/N-ethyl adjacent to an activating group) is 1. The summed E-state index contributed by atoms with van der Waals surface area (Å²) in [6.07, 6.45) is 1.01. The molecule has 0 unspecified atom stereocenters. The van der Waals surface area contributed by atoms with E-state index in [4.69, 9.17) is 4.74 Å². The van der Waals surface area contributed by atoms with Crippen LogP contribution in [0.5, 0.6) is 5.75 Å². The number of fused-ring (bicyclic) bond motifs is 1. The first-order valence-electron chi connectivity index (χ1n) is 10.2. The molecule has 5 nitrogen and oxygen atoms in total. The molecule has 0 saturated carbocycles. The number of nitrogens with zero attached hydrogens (tertiary/aromatic N) is 1. The molecule has 2 aromatic rings. The quantitative estimate of drug-likeness (QED) is 0.758. The Hall–Kier alpha value is -2.37. The molecule has 2 aromatic carbocycles. The topological polar surface area (TPSA) is 53.6 Å². The van der Waals surface area contributed by atoms with E-state index in [2.05, 4.69) is 45.9 Å². The van der Waals surface area contributed by atoms with E-state index in [0.29, 0.717) is 30.0 Å². The second-order valence-corrected chi connectivity index (χ2v) is 7.68. The number of piperidine rings is 1. The maximum Gasteiger partial charge on any atom is 0.254 e. The first-order chi connectivity index (χ1) is 13.8. The van der Waals surface area contributed by atoms with Gasteiger partial charge in [-0.2, -0.15) is 0 Å². The lowest BCUT2D eigenvalue weighted by Crippen LogP contribution is -2.46. The average Bonchev–Trinajstić information content (AvgIpc) is 3.14. The minimum atomic E-state index is 0.120. The molecule has 0 bridgehead atoms. The highest BCUT2D eigenvalue weighted by Gasteiger charge is 2.45. The summed E-state index contributed by atoms with van der Waals surface area (Å²) < 4.78 is 5.75. The summed E-state index contributed by atoms with van der Waals surface area (Å²) in [6.45, 7) is 4.09. The third kappa shape index (κ3) is 3.91. The van der Waals surface area contributed by atoms with E-state index < -0.39 is 0 Å². The molecule has 2 aliphatic rings. The number of hydrogen-bond donors (Lipinski definition) is 2. The van der Waals surface area contributed by atoms with Crippen LogP contribution in [0.3, 0.4) is 0 Å². The summed E-state index contributed by atoms with van der Waals surface area (Å²) in [5.41, 5.74) is 2.05. The van der Waals surface area contributed by atoms with Gasteiger partial charge in [-0.25, -0.2) is 0 Å². The van der Waals surface area contributed by atoms with Crippen LogP contribution in [0, 0.1) is 5.92 Å². The Bertz CT molecular complexity index is 795. The van der Waals surface area contributed by atoms with Crippen molar-refractivity contribution in [3.05, 3.63) is 65.7 Å². The molecule has 148 valence electrons. The molecule has 0 aromatic heterocycles. The smallest absolute Gasteiger partial charge is 0.254 e. The van der Waals surface area contributed by atoms with Crippen molar-refractivity contribution in [2.24, 2.45) is 5.92 Å². The number of nitrogens with one attached hydrogen (secondary N) is 2. The zero-order chi connectivity index (χ0) is 19.3. The summed E-state index contributed by atoms with van der Waals surface area (Å²) >= 11 is 0. The van der Waals surface area contributed by atoms with Gasteiger partial charge in [0.2, 0.25) is 0 Å². The van der Waals surface area contributed by atoms with E-state index in [1.165, 1.54) is 5.56 Å². The van der Waals surface area contributed by atoms with Gasteiger partial charge in [-0.15, -0.1) is 0 Å². The van der Waals surface area contributed by atoms with Crippen LogP contribution in [0.15, 0.2) is 54.6 Å². The largest absolute Gasteiger partial charge is 0.492 e. The molecule has 2 fully saturated rings. The molecule has 2 heterocycles. The number of carbonyl (C=O) groups is 1. The van der Waals surface area contributed by atoms with E-state index in [1.807, 2.05) is 31.3 Å². The van der Waals surface area contributed by atoms with Gasteiger partial charge in [0.25, 0.3) is 5.91 Å². The highest BCUT2D eigenvalue weighted by atomic mass is 16.5. The molecule has 0 aliphatic carbocycles. The van der Waals surface area contributed by atoms with Gasteiger partial charge in [-0.05, 0) is 43.8 Å². The van der Waals surface area contributed by atoms with Crippen molar-refractivity contribution in [3.63, 3.8) is 0 Å². The second kappa shape index (κ2) is 8.76. The van der Waals surface area contributed by atoms with Gasteiger partial charge >= 0.3 is 0 Å². The van der Waals surface area contributed by atoms with Gasteiger partial charge in [0.15, 0.2) is 0 Å². The van der Waals surface area contributed by atoms with Crippen molar-refractivity contribution in [2.45, 2.75) is 18.4 Å². The van der Waals surface area contributed by atoms with Crippen LogP contribution in [0.25, 0.3) is 0 Å². The lowest BCUT2D eigenvalue weighted by atomic mass is 9.82. The standard InChI is InChI=1S/C23H29N3O2/c1-24-12-13-28-19-9-5-8-18(14-19)23(27)26-16-21(17-6-3-2-4-7-17)20-15-25-11-10-22(20)26/h2-9,14,20-22,24-25H,10-13,15-16H2,1H3/t20-,21-,22-/m0/s1. The summed E-state index contributed by atoms with van der Waals surface area (Å²) in [5.74, 6) is 1.73. The molecule has 1 amide bonds. The first-order valence-corrected chi connectivity index (χ1v) is 10.2. The van der Waals surface area contributed by atoms with Crippen molar-refractivity contribution >= 4 is 5.91 Å². The van der Waals surface area contributed by atoms with Gasteiger partial charge in [0.05, 0.1) is 0 Å². The van der Waals surface area contributed by atoms with E-state index in [9.17, 15) is 4.79 Å². The third-order valence-corrected chi connectivity index (χ3v) is 5.99. The van der Waals surface area contributed by atoms with Crippen LogP contribution in [0.1, 0.15) is 28.3 Å². The maximum atomic E-state index is 13.4. The molecular weight excluding hydrogens is 350 g/mol. The minimum Gasteiger partial charge on any atom is -0.492 e. The van der Waals surface area contributed by atoms with E-state index >= 15 is 0 Å². The fourth-order valence-electron chi connectivity index (χ4n) is 4.59. The van der Waals surface area contributed by atoms with Crippen LogP contribution >= 0.6 is 0 Å². The molecule has 2 saturated heterocycles. The van der Waals surface area contributed by atoms with Gasteiger partial charge in [-0.3, -0.25) is 4.79 Å². The van der Waals surface area contributed by atoms with Crippen molar-refractivity contribution < 1.29 is 9.53 Å². The highest BCUT2D eigenvalue weighted by molar-refractivity contribution is 5.95. The monoisotopic (exact) mass is 379 g/mol. The summed E-state index contributed by atoms with van der Waals surface area (Å²) in [7, 11) is 1.90. The number of hydrogen-bond acceptors (Lipinski definition) is 4. The minimum absolute atomic E-state index is 0.120. The third-order valence-electron chi connectivity index (χ3n) is 5.99. The van der Waals surface area contributed by atoms with Gasteiger partial charge < -0.3 is 20.3 Å². The number of ether oxygens (including phenoxy) is 1. The SMILES string of the molecule is CNCCOc1cccc(C(=O)N2C[C@@H](c3ccccc3)[C@@H]3CNCC[C@@H]32)c1. The van der Waals surface area contributed by atoms with Crippen molar-refractivity contribution in [3.8, 4) is 5.75 Å². The lowest BCUT2D eigenvalue weighted by molar-refractivity contribution is 0.0697. The second-order valence-electron chi connectivity index (χ2n) is 7.68. The fourth-order valence-corrected chi connectivity index (χ4v) is 4.59. The highest BCUT2D eigenvalue weighted by Crippen LogP contribution is 2.40. The number of likely N-dealkylation sites (tertiary alicyclic amines) is 1. The Morgan fingerprint density at radius 1 is 1.21 bits per heavy atom. The predicted molar refractivity (Wildman–Crippen MR) is 111 cm³/mol. The zero-order valence-electron chi connectivity index (χ0n) is 16.4. The van der Waals surface area contributed by atoms with Crippen LogP contribution < -0.4 is 15.4 Å². The number of carbonyl (C=O) groups excluding carboxylic acids is 1. The molecule has 2 aliphatic heterocycles. The molecule has 4 rings (SSSR count). The number of rotatable bonds is 6. The summed E-state index contributed by atoms with van der Waals surface area (Å²) in [6, 6.07) is 18.5. The molecular formula is C23H29N3O2. The molecule has 0 spiro atoms. The van der Waals surface area contributed by atoms with Crippen LogP contribution in [-0.4, -0.2) is 56.7 Å². The maximum absolute atomic E-state index is 13.4. The number of amides is 1. The van der Waals surface area contributed by atoms with E-state index in [0.717, 1.165) is 38.3 Å². The Kier molecular flexibility index (Phi) is 5.93. The lowest BCUT2D eigenvalue weighted by Gasteiger charge is -2.33. The molecule has 5 heteroatoms. The van der Waals surface area contributed by atoms with Gasteiger partial charge in [-0.1, -0.05) is 36.4 Å². The van der Waals surface area contributed by atoms with Gasteiger partial charge in [0.1, 0.15) is 12.4 Å². The number of benzene rings is 2. The first kappa shape index (κ1) is 19.0. The predicted octanol–water partition coefficient (Wildman–Crippen LogP) is 2.50. The van der Waals surface area contributed by atoms with Crippen LogP contribution in [0.2, 0.25) is 0 Å². The molecule has 0 radical (unpaired) electrons. The Morgan fingerprint density at radius 3 is 2.89 bits per heavy atom. The Labute approximate surface area is 167 Å². The zero-order valence-corrected chi connectivity index (χ0v) is 16.4. The Balaban J connectivity index is 1.54. The molecule has 3 atom stereocenters. The fraction of sp³-hybridized carbons (Fsp3) is 0.435. The van der Waals surface area contributed by atoms with E-state index in [1.54, 1.807) is 0 Å². The average molecular weight is 380 g/mol. The molecule has 28 heavy (non-hydrogen) atoms. The van der Waals surface area contributed by atoms with Gasteiger partial charge in [0, 0.05) is 43.1 Å². The summed E-state index contributed by atoms with van der Waals surface area (Å²) in [5, 5.41) is 6.59. The van der Waals surface area contributed by atoms with Crippen molar-refractivity contribution in [1.82, 2.24) is 15.5 Å². The van der Waals surface area contributed by atoms with Crippen LogP contribution in [-0.2, 0) is 0 Å².